The molecule has 0 radical (unpaired) electrons. The molecule has 1 N–H and O–H groups in total. The summed E-state index contributed by atoms with van der Waals surface area (Å²) in [7, 11) is 0. The van der Waals surface area contributed by atoms with E-state index in [1.807, 2.05) is 0 Å². The molecule has 144 valence electrons. The summed E-state index contributed by atoms with van der Waals surface area (Å²) in [4.78, 5) is 36.0. The molecule has 0 aromatic carbocycles. The molecule has 1 aliphatic rings. The average molecular weight is 433 g/mol. The van der Waals surface area contributed by atoms with Gasteiger partial charge >= 0.3 is 0 Å². The molecule has 3 aromatic heterocycles. The van der Waals surface area contributed by atoms with Gasteiger partial charge in [-0.3, -0.25) is 14.2 Å². The summed E-state index contributed by atoms with van der Waals surface area (Å²) in [6.07, 6.45) is 6.25. The summed E-state index contributed by atoms with van der Waals surface area (Å²) < 4.78 is 1.59. The second kappa shape index (κ2) is 8.06. The molecule has 0 atom stereocenters. The first kappa shape index (κ1) is 19.2. The number of fused-ring (bicyclic) bond motifs is 3. The Kier molecular flexibility index (Phi) is 5.52. The van der Waals surface area contributed by atoms with Gasteiger partial charge in [-0.2, -0.15) is 0 Å². The lowest BCUT2D eigenvalue weighted by molar-refractivity contribution is -0.113. The maximum atomic E-state index is 13.1. The number of hydrogen-bond acceptors (Lipinski definition) is 6. The van der Waals surface area contributed by atoms with Crippen molar-refractivity contribution in [2.45, 2.75) is 31.0 Å². The molecule has 0 spiro atoms. The number of aryl methyl sites for hydroxylation is 2. The number of amides is 1. The van der Waals surface area contributed by atoms with E-state index in [4.69, 9.17) is 16.6 Å². The van der Waals surface area contributed by atoms with Gasteiger partial charge in [-0.05, 0) is 37.0 Å². The lowest BCUT2D eigenvalue weighted by Crippen LogP contribution is -2.24. The second-order valence-corrected chi connectivity index (χ2v) is 8.70. The molecular weight excluding hydrogens is 416 g/mol. The van der Waals surface area contributed by atoms with Crippen LogP contribution in [-0.2, 0) is 24.2 Å². The third-order valence-corrected chi connectivity index (χ3v) is 6.93. The van der Waals surface area contributed by atoms with Crippen LogP contribution in [-0.4, -0.2) is 26.2 Å². The number of halogens is 1. The fourth-order valence-electron chi connectivity index (χ4n) is 3.25. The van der Waals surface area contributed by atoms with E-state index in [0.717, 1.165) is 35.0 Å². The normalized spacial score (nSPS) is 12.9. The van der Waals surface area contributed by atoms with Crippen LogP contribution < -0.4 is 10.9 Å². The molecule has 0 unspecified atom stereocenters. The number of hydrogen-bond donors (Lipinski definition) is 1. The van der Waals surface area contributed by atoms with Crippen molar-refractivity contribution in [3.05, 3.63) is 56.9 Å². The molecule has 0 saturated heterocycles. The van der Waals surface area contributed by atoms with Crippen LogP contribution in [0.3, 0.4) is 0 Å². The smallest absolute Gasteiger partial charge is 0.263 e. The maximum Gasteiger partial charge on any atom is 0.263 e. The first-order valence-electron chi connectivity index (χ1n) is 8.77. The van der Waals surface area contributed by atoms with E-state index >= 15 is 0 Å². The van der Waals surface area contributed by atoms with Crippen LogP contribution in [0, 0.1) is 0 Å². The fraction of sp³-hybridized carbons (Fsp3) is 0.263. The van der Waals surface area contributed by atoms with Crippen LogP contribution in [0.15, 0.2) is 40.9 Å². The Hall–Kier alpha value is -2.16. The third-order valence-electron chi connectivity index (χ3n) is 4.47. The molecule has 3 aromatic rings. The largest absolute Gasteiger partial charge is 0.323 e. The van der Waals surface area contributed by atoms with Gasteiger partial charge in [0.1, 0.15) is 4.83 Å². The van der Waals surface area contributed by atoms with Gasteiger partial charge in [0.05, 0.1) is 16.8 Å². The summed E-state index contributed by atoms with van der Waals surface area (Å²) in [5.74, 6) is -0.140. The van der Waals surface area contributed by atoms with E-state index in [2.05, 4.69) is 16.9 Å². The molecule has 0 bridgehead atoms. The Labute approximate surface area is 174 Å². The van der Waals surface area contributed by atoms with E-state index < -0.39 is 0 Å². The Morgan fingerprint density at radius 3 is 3.11 bits per heavy atom. The minimum Gasteiger partial charge on any atom is -0.323 e. The van der Waals surface area contributed by atoms with Gasteiger partial charge in [-0.1, -0.05) is 29.4 Å². The van der Waals surface area contributed by atoms with Gasteiger partial charge in [0.25, 0.3) is 5.56 Å². The highest BCUT2D eigenvalue weighted by molar-refractivity contribution is 7.99. The Morgan fingerprint density at radius 2 is 2.32 bits per heavy atom. The Bertz CT molecular complexity index is 1140. The van der Waals surface area contributed by atoms with E-state index in [-0.39, 0.29) is 22.4 Å². The van der Waals surface area contributed by atoms with E-state index in [0.29, 0.717) is 17.4 Å². The van der Waals surface area contributed by atoms with E-state index in [1.165, 1.54) is 16.6 Å². The molecule has 28 heavy (non-hydrogen) atoms. The highest BCUT2D eigenvalue weighted by Crippen LogP contribution is 2.35. The summed E-state index contributed by atoms with van der Waals surface area (Å²) >= 11 is 8.79. The van der Waals surface area contributed by atoms with Crippen molar-refractivity contribution < 1.29 is 4.79 Å². The maximum absolute atomic E-state index is 13.1. The number of carbonyl (C=O) groups excluding carboxylic acids is 1. The number of nitrogens with one attached hydrogen (secondary N) is 1. The van der Waals surface area contributed by atoms with Gasteiger partial charge in [0, 0.05) is 17.6 Å². The zero-order valence-electron chi connectivity index (χ0n) is 14.9. The molecule has 0 saturated carbocycles. The number of rotatable bonds is 6. The lowest BCUT2D eigenvalue weighted by atomic mass is 10.2. The number of thioether (sulfide) groups is 1. The summed E-state index contributed by atoms with van der Waals surface area (Å²) in [5, 5.41) is 4.21. The molecule has 4 rings (SSSR count). The second-order valence-electron chi connectivity index (χ2n) is 6.31. The number of aromatic nitrogens is 3. The van der Waals surface area contributed by atoms with Crippen LogP contribution in [0.1, 0.15) is 16.9 Å². The number of pyridine rings is 1. The molecule has 0 fully saturated rings. The zero-order valence-corrected chi connectivity index (χ0v) is 17.3. The molecule has 1 amide bonds. The van der Waals surface area contributed by atoms with Crippen molar-refractivity contribution in [1.29, 1.82) is 0 Å². The van der Waals surface area contributed by atoms with Gasteiger partial charge < -0.3 is 5.32 Å². The monoisotopic (exact) mass is 432 g/mol. The molecule has 6 nitrogen and oxygen atoms in total. The quantitative estimate of drug-likeness (QED) is 0.276. The number of anilines is 1. The van der Waals surface area contributed by atoms with Crippen molar-refractivity contribution in [1.82, 2.24) is 14.5 Å². The first-order chi connectivity index (χ1) is 13.6. The highest BCUT2D eigenvalue weighted by Gasteiger charge is 2.23. The van der Waals surface area contributed by atoms with E-state index in [1.54, 1.807) is 40.3 Å². The zero-order chi connectivity index (χ0) is 19.7. The SMILES string of the molecule is C=CCn1c(SCC(=O)Nc2cccnc2Cl)nc2sc3c(c2c1=O)CCC3. The molecule has 9 heteroatoms. The molecule has 3 heterocycles. The minimum atomic E-state index is -0.243. The van der Waals surface area contributed by atoms with E-state index in [9.17, 15) is 9.59 Å². The number of allylic oxidation sites excluding steroid dienone is 1. The summed E-state index contributed by atoms with van der Waals surface area (Å²) in [6, 6.07) is 3.38. The van der Waals surface area contributed by atoms with Crippen LogP contribution in [0.4, 0.5) is 5.69 Å². The number of nitrogens with zero attached hydrogens (tertiary/aromatic N) is 3. The Balaban J connectivity index is 1.60. The van der Waals surface area contributed by atoms with Crippen molar-refractivity contribution in [3.63, 3.8) is 0 Å². The van der Waals surface area contributed by atoms with Crippen molar-refractivity contribution in [2.24, 2.45) is 0 Å². The van der Waals surface area contributed by atoms with Crippen molar-refractivity contribution >= 4 is 56.5 Å². The first-order valence-corrected chi connectivity index (χ1v) is 11.0. The predicted octanol–water partition coefficient (Wildman–Crippen LogP) is 3.91. The molecular formula is C19H17ClN4O2S2. The fourth-order valence-corrected chi connectivity index (χ4v) is 5.53. The van der Waals surface area contributed by atoms with Crippen molar-refractivity contribution in [2.75, 3.05) is 11.1 Å². The van der Waals surface area contributed by atoms with Gasteiger partial charge in [0.2, 0.25) is 5.91 Å². The van der Waals surface area contributed by atoms with Crippen LogP contribution >= 0.6 is 34.7 Å². The highest BCUT2D eigenvalue weighted by atomic mass is 35.5. The molecule has 0 aliphatic heterocycles. The molecule has 1 aliphatic carbocycles. The van der Waals surface area contributed by atoms with Crippen LogP contribution in [0.5, 0.6) is 0 Å². The van der Waals surface area contributed by atoms with Gasteiger partial charge in [-0.15, -0.1) is 17.9 Å². The Morgan fingerprint density at radius 1 is 1.46 bits per heavy atom. The van der Waals surface area contributed by atoms with Gasteiger partial charge in [-0.25, -0.2) is 9.97 Å². The average Bonchev–Trinajstić information content (AvgIpc) is 3.25. The topological polar surface area (TPSA) is 76.9 Å². The third kappa shape index (κ3) is 3.59. The van der Waals surface area contributed by atoms with Crippen molar-refractivity contribution in [3.8, 4) is 0 Å². The summed E-state index contributed by atoms with van der Waals surface area (Å²) in [5.41, 5.74) is 1.55. The standard InChI is InChI=1S/C19H17ClN4O2S2/c1-2-9-24-18(26)15-11-5-3-7-13(11)28-17(15)23-19(24)27-10-14(25)22-12-6-4-8-21-16(12)20/h2,4,6,8H,1,3,5,7,9-10H2,(H,22,25). The number of carbonyl (C=O) groups is 1. The van der Waals surface area contributed by atoms with Gasteiger partial charge in [0.15, 0.2) is 10.3 Å². The minimum absolute atomic E-state index is 0.0532. The lowest BCUT2D eigenvalue weighted by Gasteiger charge is -2.11. The summed E-state index contributed by atoms with van der Waals surface area (Å²) in [6.45, 7) is 4.10. The van der Waals surface area contributed by atoms with Crippen LogP contribution in [0.25, 0.3) is 10.2 Å². The predicted molar refractivity (Wildman–Crippen MR) is 115 cm³/mol. The van der Waals surface area contributed by atoms with Crippen LogP contribution in [0.2, 0.25) is 5.15 Å². The number of thiophene rings is 1.